The highest BCUT2D eigenvalue weighted by Crippen LogP contribution is 2.35. The number of benzene rings is 4. The molecule has 0 aliphatic carbocycles. The van der Waals surface area contributed by atoms with Gasteiger partial charge in [0, 0.05) is 24.0 Å². The van der Waals surface area contributed by atoms with Crippen LogP contribution < -0.4 is 14.4 Å². The molecule has 11 heteroatoms. The van der Waals surface area contributed by atoms with Crippen molar-refractivity contribution in [2.45, 2.75) is 50.2 Å². The Hall–Kier alpha value is -4.41. The van der Waals surface area contributed by atoms with E-state index in [4.69, 9.17) is 16.3 Å². The Balaban J connectivity index is 1.84. The summed E-state index contributed by atoms with van der Waals surface area (Å²) in [5, 5.41) is 3.22. The molecule has 0 fully saturated rings. The highest BCUT2D eigenvalue weighted by molar-refractivity contribution is 7.92. The van der Waals surface area contributed by atoms with E-state index in [1.54, 1.807) is 24.3 Å². The van der Waals surface area contributed by atoms with E-state index in [1.165, 1.54) is 60.5 Å². The SMILES string of the molecule is CC[C@H](C)NC(=O)[C@@H](Cc1ccccc1)N(Cc1ccc(F)cc1)C(=O)CN(c1cc(Cl)ccc1OC)S(=O)(=O)c1ccccc1. The maximum atomic E-state index is 14.5. The molecule has 4 aromatic rings. The summed E-state index contributed by atoms with van der Waals surface area (Å²) in [5.41, 5.74) is 1.41. The Morgan fingerprint density at radius 3 is 2.15 bits per heavy atom. The van der Waals surface area contributed by atoms with Gasteiger partial charge in [0.25, 0.3) is 10.0 Å². The van der Waals surface area contributed by atoms with Crippen molar-refractivity contribution in [3.8, 4) is 5.75 Å². The molecule has 46 heavy (non-hydrogen) atoms. The van der Waals surface area contributed by atoms with Crippen LogP contribution in [0.4, 0.5) is 10.1 Å². The van der Waals surface area contributed by atoms with E-state index in [2.05, 4.69) is 5.32 Å². The lowest BCUT2D eigenvalue weighted by Crippen LogP contribution is -2.54. The van der Waals surface area contributed by atoms with Crippen molar-refractivity contribution in [2.75, 3.05) is 18.0 Å². The van der Waals surface area contributed by atoms with Gasteiger partial charge in [0.1, 0.15) is 24.2 Å². The number of halogens is 2. The van der Waals surface area contributed by atoms with Crippen molar-refractivity contribution in [1.82, 2.24) is 10.2 Å². The number of methoxy groups -OCH3 is 1. The summed E-state index contributed by atoms with van der Waals surface area (Å²) < 4.78 is 48.7. The number of carbonyl (C=O) groups excluding carboxylic acids is 2. The summed E-state index contributed by atoms with van der Waals surface area (Å²) in [7, 11) is -2.95. The van der Waals surface area contributed by atoms with Crippen LogP contribution in [0, 0.1) is 5.82 Å². The van der Waals surface area contributed by atoms with Crippen LogP contribution in [-0.4, -0.2) is 50.9 Å². The molecule has 0 spiro atoms. The molecular weight excluding hydrogens is 629 g/mol. The van der Waals surface area contributed by atoms with E-state index < -0.39 is 40.2 Å². The van der Waals surface area contributed by atoms with Crippen LogP contribution in [0.2, 0.25) is 5.02 Å². The third kappa shape index (κ3) is 8.64. The first kappa shape index (κ1) is 34.5. The molecule has 0 radical (unpaired) electrons. The van der Waals surface area contributed by atoms with Gasteiger partial charge in [-0.25, -0.2) is 12.8 Å². The predicted octanol–water partition coefficient (Wildman–Crippen LogP) is 6.24. The Kier molecular flexibility index (Phi) is 11.8. The van der Waals surface area contributed by atoms with Gasteiger partial charge in [-0.15, -0.1) is 0 Å². The number of nitrogens with zero attached hydrogens (tertiary/aromatic N) is 2. The molecule has 2 atom stereocenters. The van der Waals surface area contributed by atoms with E-state index in [9.17, 15) is 22.4 Å². The van der Waals surface area contributed by atoms with Gasteiger partial charge in [-0.05, 0) is 66.9 Å². The molecule has 0 aliphatic heterocycles. The van der Waals surface area contributed by atoms with Gasteiger partial charge < -0.3 is 15.0 Å². The normalized spacial score (nSPS) is 12.5. The van der Waals surface area contributed by atoms with Gasteiger partial charge in [0.2, 0.25) is 11.8 Å². The Bertz CT molecular complexity index is 1720. The zero-order valence-electron chi connectivity index (χ0n) is 25.9. The lowest BCUT2D eigenvalue weighted by atomic mass is 10.0. The average molecular weight is 666 g/mol. The number of amides is 2. The quantitative estimate of drug-likeness (QED) is 0.172. The van der Waals surface area contributed by atoms with Crippen LogP contribution in [0.1, 0.15) is 31.4 Å². The molecule has 242 valence electrons. The number of anilines is 1. The number of nitrogens with one attached hydrogen (secondary N) is 1. The maximum absolute atomic E-state index is 14.5. The standard InChI is InChI=1S/C35H37ClFN3O5S/c1-4-25(2)38-35(42)32(21-26-11-7-5-8-12-26)39(23-27-15-18-29(37)19-16-27)34(41)24-40(31-22-28(36)17-20-33(31)45-3)46(43,44)30-13-9-6-10-14-30/h5-20,22,25,32H,4,21,23-24H2,1-3H3,(H,38,42)/t25-,32+/m0/s1. The number of sulfonamides is 1. The third-order valence-electron chi connectivity index (χ3n) is 7.56. The Morgan fingerprint density at radius 1 is 0.913 bits per heavy atom. The molecule has 8 nitrogen and oxygen atoms in total. The summed E-state index contributed by atoms with van der Waals surface area (Å²) in [5.74, 6) is -1.33. The van der Waals surface area contributed by atoms with Gasteiger partial charge >= 0.3 is 0 Å². The van der Waals surface area contributed by atoms with Gasteiger partial charge in [-0.3, -0.25) is 13.9 Å². The number of hydrogen-bond acceptors (Lipinski definition) is 5. The predicted molar refractivity (Wildman–Crippen MR) is 178 cm³/mol. The van der Waals surface area contributed by atoms with Crippen molar-refractivity contribution < 1.29 is 27.1 Å². The van der Waals surface area contributed by atoms with E-state index in [1.807, 2.05) is 44.2 Å². The van der Waals surface area contributed by atoms with Crippen molar-refractivity contribution in [1.29, 1.82) is 0 Å². The van der Waals surface area contributed by atoms with Gasteiger partial charge in [-0.1, -0.05) is 79.2 Å². The monoisotopic (exact) mass is 665 g/mol. The Morgan fingerprint density at radius 2 is 1.54 bits per heavy atom. The molecule has 4 rings (SSSR count). The second kappa shape index (κ2) is 15.7. The van der Waals surface area contributed by atoms with Gasteiger partial charge in [0.15, 0.2) is 0 Å². The van der Waals surface area contributed by atoms with Crippen LogP contribution >= 0.6 is 11.6 Å². The molecule has 4 aromatic carbocycles. The number of carbonyl (C=O) groups is 2. The van der Waals surface area contributed by atoms with Crippen molar-refractivity contribution in [2.24, 2.45) is 0 Å². The molecule has 0 unspecified atom stereocenters. The fourth-order valence-electron chi connectivity index (χ4n) is 4.87. The lowest BCUT2D eigenvalue weighted by Gasteiger charge is -2.34. The summed E-state index contributed by atoms with van der Waals surface area (Å²) in [6.07, 6.45) is 0.815. The van der Waals surface area contributed by atoms with E-state index in [-0.39, 0.29) is 40.4 Å². The largest absolute Gasteiger partial charge is 0.495 e. The Labute approximate surface area is 274 Å². The number of rotatable bonds is 14. The fraction of sp³-hybridized carbons (Fsp3) is 0.257. The average Bonchev–Trinajstić information content (AvgIpc) is 3.06. The van der Waals surface area contributed by atoms with E-state index in [0.717, 1.165) is 9.87 Å². The second-order valence-electron chi connectivity index (χ2n) is 10.8. The highest BCUT2D eigenvalue weighted by Gasteiger charge is 2.36. The van der Waals surface area contributed by atoms with Crippen LogP contribution in [0.5, 0.6) is 5.75 Å². The first-order valence-corrected chi connectivity index (χ1v) is 16.6. The number of hydrogen-bond donors (Lipinski definition) is 1. The first-order chi connectivity index (χ1) is 22.0. The van der Waals surface area contributed by atoms with Gasteiger partial charge in [0.05, 0.1) is 17.7 Å². The number of ether oxygens (including phenoxy) is 1. The molecule has 0 aliphatic rings. The topological polar surface area (TPSA) is 96.0 Å². The van der Waals surface area contributed by atoms with Gasteiger partial charge in [-0.2, -0.15) is 0 Å². The molecule has 0 saturated carbocycles. The van der Waals surface area contributed by atoms with Crippen LogP contribution in [0.3, 0.4) is 0 Å². The minimum absolute atomic E-state index is 0.0507. The van der Waals surface area contributed by atoms with Crippen LogP contribution in [0.25, 0.3) is 0 Å². The molecular formula is C35H37ClFN3O5S. The van der Waals surface area contributed by atoms with Crippen molar-refractivity contribution in [3.05, 3.63) is 125 Å². The molecule has 1 N–H and O–H groups in total. The zero-order valence-corrected chi connectivity index (χ0v) is 27.5. The van der Waals surface area contributed by atoms with E-state index >= 15 is 0 Å². The smallest absolute Gasteiger partial charge is 0.264 e. The zero-order chi connectivity index (χ0) is 33.3. The second-order valence-corrected chi connectivity index (χ2v) is 13.1. The fourth-order valence-corrected chi connectivity index (χ4v) is 6.48. The minimum Gasteiger partial charge on any atom is -0.495 e. The summed E-state index contributed by atoms with van der Waals surface area (Å²) in [6, 6.07) is 25.8. The molecule has 0 aromatic heterocycles. The summed E-state index contributed by atoms with van der Waals surface area (Å²) in [6.45, 7) is 3.03. The molecule has 0 saturated heterocycles. The lowest BCUT2D eigenvalue weighted by molar-refractivity contribution is -0.140. The van der Waals surface area contributed by atoms with Crippen LogP contribution in [0.15, 0.2) is 108 Å². The minimum atomic E-state index is -4.34. The maximum Gasteiger partial charge on any atom is 0.264 e. The molecule has 0 heterocycles. The van der Waals surface area contributed by atoms with Crippen molar-refractivity contribution >= 4 is 39.1 Å². The molecule has 2 amide bonds. The summed E-state index contributed by atoms with van der Waals surface area (Å²) >= 11 is 6.32. The highest BCUT2D eigenvalue weighted by atomic mass is 35.5. The van der Waals surface area contributed by atoms with E-state index in [0.29, 0.717) is 12.0 Å². The third-order valence-corrected chi connectivity index (χ3v) is 9.57. The molecule has 0 bridgehead atoms. The van der Waals surface area contributed by atoms with Crippen molar-refractivity contribution in [3.63, 3.8) is 0 Å². The van der Waals surface area contributed by atoms with Crippen LogP contribution in [-0.2, 0) is 32.6 Å². The summed E-state index contributed by atoms with van der Waals surface area (Å²) in [4.78, 5) is 29.7. The first-order valence-electron chi connectivity index (χ1n) is 14.8.